The molecule has 3 heteroatoms. The van der Waals surface area contributed by atoms with Crippen LogP contribution in [0.4, 0.5) is 0 Å². The van der Waals surface area contributed by atoms with Crippen molar-refractivity contribution in [2.45, 2.75) is 12.8 Å². The molecule has 56 valence electrons. The Morgan fingerprint density at radius 2 is 2.70 bits per heavy atom. The molecule has 3 nitrogen and oxygen atoms in total. The summed E-state index contributed by atoms with van der Waals surface area (Å²) in [5.74, 6) is 0. The van der Waals surface area contributed by atoms with E-state index < -0.39 is 0 Å². The second-order valence-electron chi connectivity index (χ2n) is 2.44. The largest absolute Gasteiger partial charge is 0.318 e. The van der Waals surface area contributed by atoms with Crippen molar-refractivity contribution in [3.8, 4) is 0 Å². The molecule has 0 unspecified atom stereocenters. The van der Waals surface area contributed by atoms with E-state index in [4.69, 9.17) is 0 Å². The summed E-state index contributed by atoms with van der Waals surface area (Å²) in [6.45, 7) is 0.893. The molecule has 0 aromatic carbocycles. The fourth-order valence-electron chi connectivity index (χ4n) is 0.989. The van der Waals surface area contributed by atoms with Crippen LogP contribution >= 0.6 is 0 Å². The van der Waals surface area contributed by atoms with Gasteiger partial charge >= 0.3 is 0 Å². The van der Waals surface area contributed by atoms with Crippen molar-refractivity contribution in [1.29, 1.82) is 0 Å². The molecule has 1 heterocycles. The van der Waals surface area contributed by atoms with Gasteiger partial charge in [0, 0.05) is 26.2 Å². The van der Waals surface area contributed by atoms with Crippen LogP contribution in [0.5, 0.6) is 0 Å². The van der Waals surface area contributed by atoms with E-state index in [1.165, 1.54) is 5.57 Å². The minimum atomic E-state index is 0.640. The highest BCUT2D eigenvalue weighted by Gasteiger charge is 2.05. The van der Waals surface area contributed by atoms with Crippen LogP contribution in [0, 0.1) is 0 Å². The van der Waals surface area contributed by atoms with Crippen LogP contribution in [-0.2, 0) is 4.79 Å². The van der Waals surface area contributed by atoms with Gasteiger partial charge < -0.3 is 9.80 Å². The molecule has 10 heavy (non-hydrogen) atoms. The molecule has 0 atom stereocenters. The zero-order chi connectivity index (χ0) is 7.40. The number of rotatable bonds is 3. The number of nitrogens with zero attached hydrogens (tertiary/aromatic N) is 1. The average Bonchev–Trinajstić information content (AvgIpc) is 2.31. The van der Waals surface area contributed by atoms with Gasteiger partial charge in [-0.1, -0.05) is 0 Å². The predicted octanol–water partition coefficient (Wildman–Crippen LogP) is 0.299. The maximum Gasteiger partial charge on any atom is 0.120 e. The van der Waals surface area contributed by atoms with Gasteiger partial charge in [0.15, 0.2) is 0 Å². The second kappa shape index (κ2) is 3.37. The van der Waals surface area contributed by atoms with Gasteiger partial charge in [-0.15, -0.1) is 0 Å². The number of hydrogen-bond acceptors (Lipinski definition) is 3. The van der Waals surface area contributed by atoms with Gasteiger partial charge in [-0.05, 0) is 12.0 Å². The van der Waals surface area contributed by atoms with E-state index in [2.05, 4.69) is 5.43 Å². The van der Waals surface area contributed by atoms with Crippen molar-refractivity contribution in [3.63, 3.8) is 0 Å². The topological polar surface area (TPSA) is 32.3 Å². The number of hydrazine groups is 1. The number of hydrogen-bond donors (Lipinski definition) is 1. The Balaban J connectivity index is 2.28. The molecule has 1 aliphatic rings. The summed E-state index contributed by atoms with van der Waals surface area (Å²) < 4.78 is 0. The number of nitrogens with one attached hydrogen (secondary N) is 1. The smallest absolute Gasteiger partial charge is 0.120 e. The molecule has 0 aromatic rings. The Morgan fingerprint density at radius 3 is 3.20 bits per heavy atom. The standard InChI is InChI=1S/C7H12N2O/c1-9-6-7(5-8-9)3-2-4-10/h4,6,8H,2-3,5H2,1H3. The zero-order valence-electron chi connectivity index (χ0n) is 6.13. The van der Waals surface area contributed by atoms with Gasteiger partial charge in [-0.2, -0.15) is 0 Å². The maximum atomic E-state index is 9.98. The first-order valence-electron chi connectivity index (χ1n) is 3.42. The summed E-state index contributed by atoms with van der Waals surface area (Å²) in [5.41, 5.74) is 4.40. The first-order valence-corrected chi connectivity index (χ1v) is 3.42. The minimum Gasteiger partial charge on any atom is -0.318 e. The van der Waals surface area contributed by atoms with E-state index in [1.807, 2.05) is 18.3 Å². The molecular formula is C7H12N2O. The van der Waals surface area contributed by atoms with Gasteiger partial charge in [-0.25, -0.2) is 5.43 Å². The maximum absolute atomic E-state index is 9.98. The lowest BCUT2D eigenvalue weighted by atomic mass is 10.2. The molecule has 0 saturated heterocycles. The van der Waals surface area contributed by atoms with E-state index in [-0.39, 0.29) is 0 Å². The van der Waals surface area contributed by atoms with E-state index in [9.17, 15) is 4.79 Å². The first kappa shape index (κ1) is 7.28. The van der Waals surface area contributed by atoms with Crippen LogP contribution < -0.4 is 5.43 Å². The third-order valence-corrected chi connectivity index (χ3v) is 1.52. The lowest BCUT2D eigenvalue weighted by Gasteiger charge is -2.04. The summed E-state index contributed by atoms with van der Waals surface area (Å²) in [6.07, 6.45) is 4.52. The molecule has 0 fully saturated rings. The molecule has 0 aromatic heterocycles. The Bertz CT molecular complexity index is 154. The highest BCUT2D eigenvalue weighted by molar-refractivity contribution is 5.49. The van der Waals surface area contributed by atoms with Crippen molar-refractivity contribution in [1.82, 2.24) is 10.4 Å². The Morgan fingerprint density at radius 1 is 1.90 bits per heavy atom. The van der Waals surface area contributed by atoms with Gasteiger partial charge in [-0.3, -0.25) is 0 Å². The van der Waals surface area contributed by atoms with Crippen molar-refractivity contribution >= 4 is 6.29 Å². The van der Waals surface area contributed by atoms with Crippen LogP contribution in [0.3, 0.4) is 0 Å². The molecule has 1 N–H and O–H groups in total. The summed E-state index contributed by atoms with van der Waals surface area (Å²) in [6, 6.07) is 0. The Kier molecular flexibility index (Phi) is 2.45. The van der Waals surface area contributed by atoms with Crippen LogP contribution in [-0.4, -0.2) is 24.9 Å². The van der Waals surface area contributed by atoms with Crippen LogP contribution in [0.2, 0.25) is 0 Å². The van der Waals surface area contributed by atoms with Gasteiger partial charge in [0.05, 0.1) is 0 Å². The second-order valence-corrected chi connectivity index (χ2v) is 2.44. The van der Waals surface area contributed by atoms with Crippen molar-refractivity contribution in [3.05, 3.63) is 11.8 Å². The van der Waals surface area contributed by atoms with E-state index in [1.54, 1.807) is 0 Å². The molecule has 0 saturated carbocycles. The number of aldehydes is 1. The lowest BCUT2D eigenvalue weighted by molar-refractivity contribution is -0.107. The third kappa shape index (κ3) is 1.84. The predicted molar refractivity (Wildman–Crippen MR) is 39.1 cm³/mol. The molecule has 0 radical (unpaired) electrons. The molecule has 0 aliphatic carbocycles. The first-order chi connectivity index (χ1) is 4.83. The lowest BCUT2D eigenvalue weighted by Crippen LogP contribution is -2.23. The van der Waals surface area contributed by atoms with Gasteiger partial charge in [0.2, 0.25) is 0 Å². The fraction of sp³-hybridized carbons (Fsp3) is 0.571. The van der Waals surface area contributed by atoms with Gasteiger partial charge in [0.25, 0.3) is 0 Å². The van der Waals surface area contributed by atoms with Crippen LogP contribution in [0.25, 0.3) is 0 Å². The van der Waals surface area contributed by atoms with Crippen molar-refractivity contribution in [2.24, 2.45) is 0 Å². The zero-order valence-corrected chi connectivity index (χ0v) is 6.13. The third-order valence-electron chi connectivity index (χ3n) is 1.52. The summed E-state index contributed by atoms with van der Waals surface area (Å²) in [4.78, 5) is 9.98. The SMILES string of the molecule is CN1C=C(CCC=O)CN1. The summed E-state index contributed by atoms with van der Waals surface area (Å²) in [5, 5.41) is 1.92. The van der Waals surface area contributed by atoms with Gasteiger partial charge in [0.1, 0.15) is 6.29 Å². The monoisotopic (exact) mass is 140 g/mol. The Hall–Kier alpha value is -0.830. The quantitative estimate of drug-likeness (QED) is 0.572. The fourth-order valence-corrected chi connectivity index (χ4v) is 0.989. The van der Waals surface area contributed by atoms with Crippen LogP contribution in [0.1, 0.15) is 12.8 Å². The molecule has 0 amide bonds. The Labute approximate surface area is 60.7 Å². The molecule has 1 rings (SSSR count). The average molecular weight is 140 g/mol. The van der Waals surface area contributed by atoms with Crippen molar-refractivity contribution < 1.29 is 4.79 Å². The number of carbonyl (C=O) groups is 1. The molecule has 1 aliphatic heterocycles. The van der Waals surface area contributed by atoms with E-state index in [0.717, 1.165) is 19.3 Å². The summed E-state index contributed by atoms with van der Waals surface area (Å²) in [7, 11) is 1.95. The van der Waals surface area contributed by atoms with Crippen LogP contribution in [0.15, 0.2) is 11.8 Å². The van der Waals surface area contributed by atoms with E-state index >= 15 is 0 Å². The minimum absolute atomic E-state index is 0.640. The molecule has 0 spiro atoms. The number of carbonyl (C=O) groups excluding carboxylic acids is 1. The van der Waals surface area contributed by atoms with E-state index in [0.29, 0.717) is 6.42 Å². The normalized spacial score (nSPS) is 17.3. The highest BCUT2D eigenvalue weighted by Crippen LogP contribution is 2.07. The molecule has 0 bridgehead atoms. The highest BCUT2D eigenvalue weighted by atomic mass is 16.1. The summed E-state index contributed by atoms with van der Waals surface area (Å²) >= 11 is 0. The van der Waals surface area contributed by atoms with Crippen molar-refractivity contribution in [2.75, 3.05) is 13.6 Å². The molecular weight excluding hydrogens is 128 g/mol.